The van der Waals surface area contributed by atoms with Crippen LogP contribution in [0.3, 0.4) is 0 Å². The molecule has 1 saturated heterocycles. The van der Waals surface area contributed by atoms with Gasteiger partial charge in [0, 0.05) is 13.0 Å². The van der Waals surface area contributed by atoms with Gasteiger partial charge in [-0.25, -0.2) is 8.78 Å². The molecular formula is C15H18F2N2O2. The Labute approximate surface area is 121 Å². The molecule has 0 saturated carbocycles. The highest BCUT2D eigenvalue weighted by Crippen LogP contribution is 2.11. The Kier molecular flexibility index (Phi) is 5.25. The minimum Gasteiger partial charge on any atom is -0.354 e. The van der Waals surface area contributed by atoms with Gasteiger partial charge in [-0.1, -0.05) is 6.07 Å². The van der Waals surface area contributed by atoms with E-state index >= 15 is 0 Å². The van der Waals surface area contributed by atoms with Gasteiger partial charge in [0.15, 0.2) is 11.6 Å². The fourth-order valence-corrected chi connectivity index (χ4v) is 2.30. The number of hydrogen-bond donors (Lipinski definition) is 2. The maximum atomic E-state index is 13.0. The van der Waals surface area contributed by atoms with Gasteiger partial charge in [-0.05, 0) is 43.4 Å². The molecule has 0 unspecified atom stereocenters. The molecule has 1 aromatic rings. The first-order valence-corrected chi connectivity index (χ1v) is 7.07. The van der Waals surface area contributed by atoms with E-state index in [-0.39, 0.29) is 18.2 Å². The standard InChI is InChI=1S/C15H18F2N2O2/c16-11-6-4-10(9-12(11)17)5-7-14(20)19-13-3-1-2-8-18-15(13)21/h4,6,9,13H,1-3,5,7-8H2,(H,18,21)(H,19,20)/t13-/m1/s1. The van der Waals surface area contributed by atoms with Crippen LogP contribution in [0.5, 0.6) is 0 Å². The summed E-state index contributed by atoms with van der Waals surface area (Å²) in [6.45, 7) is 0.639. The molecule has 2 rings (SSSR count). The van der Waals surface area contributed by atoms with Crippen molar-refractivity contribution < 1.29 is 18.4 Å². The highest BCUT2D eigenvalue weighted by Gasteiger charge is 2.22. The number of aryl methyl sites for hydroxylation is 1. The van der Waals surface area contributed by atoms with Crippen molar-refractivity contribution in [3.8, 4) is 0 Å². The fraction of sp³-hybridized carbons (Fsp3) is 0.467. The lowest BCUT2D eigenvalue weighted by Gasteiger charge is -2.15. The summed E-state index contributed by atoms with van der Waals surface area (Å²) in [6.07, 6.45) is 2.86. The van der Waals surface area contributed by atoms with Crippen LogP contribution in [0, 0.1) is 11.6 Å². The van der Waals surface area contributed by atoms with Gasteiger partial charge in [0.25, 0.3) is 0 Å². The van der Waals surface area contributed by atoms with Crippen LogP contribution < -0.4 is 10.6 Å². The van der Waals surface area contributed by atoms with Crippen molar-refractivity contribution in [3.63, 3.8) is 0 Å². The first-order chi connectivity index (χ1) is 10.1. The van der Waals surface area contributed by atoms with Crippen molar-refractivity contribution in [2.75, 3.05) is 6.54 Å². The van der Waals surface area contributed by atoms with Crippen molar-refractivity contribution in [3.05, 3.63) is 35.4 Å². The van der Waals surface area contributed by atoms with E-state index in [1.54, 1.807) is 0 Å². The Hall–Kier alpha value is -1.98. The van der Waals surface area contributed by atoms with Gasteiger partial charge in [-0.2, -0.15) is 0 Å². The molecule has 1 aliphatic heterocycles. The van der Waals surface area contributed by atoms with Gasteiger partial charge in [-0.15, -0.1) is 0 Å². The number of benzene rings is 1. The van der Waals surface area contributed by atoms with E-state index in [4.69, 9.17) is 0 Å². The average Bonchev–Trinajstić information content (AvgIpc) is 2.65. The molecule has 1 fully saturated rings. The van der Waals surface area contributed by atoms with Crippen LogP contribution in [0.15, 0.2) is 18.2 Å². The quantitative estimate of drug-likeness (QED) is 0.888. The number of halogens is 2. The Morgan fingerprint density at radius 2 is 2.10 bits per heavy atom. The first kappa shape index (κ1) is 15.4. The van der Waals surface area contributed by atoms with Gasteiger partial charge in [0.05, 0.1) is 0 Å². The molecule has 114 valence electrons. The highest BCUT2D eigenvalue weighted by molar-refractivity contribution is 5.87. The zero-order valence-corrected chi connectivity index (χ0v) is 11.6. The molecule has 1 aromatic carbocycles. The normalized spacial score (nSPS) is 18.8. The molecule has 0 bridgehead atoms. The first-order valence-electron chi connectivity index (χ1n) is 7.07. The number of hydrogen-bond acceptors (Lipinski definition) is 2. The summed E-state index contributed by atoms with van der Waals surface area (Å²) in [6, 6.07) is 3.08. The molecule has 21 heavy (non-hydrogen) atoms. The minimum atomic E-state index is -0.920. The van der Waals surface area contributed by atoms with E-state index in [0.717, 1.165) is 25.0 Å². The van der Waals surface area contributed by atoms with Crippen LogP contribution in [-0.4, -0.2) is 24.4 Å². The summed E-state index contributed by atoms with van der Waals surface area (Å²) in [5.74, 6) is -2.25. The van der Waals surface area contributed by atoms with E-state index in [0.29, 0.717) is 24.9 Å². The van der Waals surface area contributed by atoms with Gasteiger partial charge < -0.3 is 10.6 Å². The van der Waals surface area contributed by atoms with E-state index in [9.17, 15) is 18.4 Å². The highest BCUT2D eigenvalue weighted by atomic mass is 19.2. The van der Waals surface area contributed by atoms with Crippen molar-refractivity contribution in [1.82, 2.24) is 10.6 Å². The summed E-state index contributed by atoms with van der Waals surface area (Å²) in [5.41, 5.74) is 0.550. The van der Waals surface area contributed by atoms with Crippen LogP contribution >= 0.6 is 0 Å². The summed E-state index contributed by atoms with van der Waals surface area (Å²) in [4.78, 5) is 23.5. The molecule has 1 heterocycles. The predicted octanol–water partition coefficient (Wildman–Crippen LogP) is 1.68. The fourth-order valence-electron chi connectivity index (χ4n) is 2.30. The Morgan fingerprint density at radius 3 is 2.86 bits per heavy atom. The van der Waals surface area contributed by atoms with Crippen LogP contribution in [0.1, 0.15) is 31.2 Å². The predicted molar refractivity (Wildman–Crippen MR) is 73.5 cm³/mol. The molecule has 0 aliphatic carbocycles. The SMILES string of the molecule is O=C(CCc1ccc(F)c(F)c1)N[C@@H]1CCCCNC1=O. The molecule has 0 radical (unpaired) electrons. The van der Waals surface area contributed by atoms with Gasteiger partial charge in [0.1, 0.15) is 6.04 Å². The van der Waals surface area contributed by atoms with Gasteiger partial charge >= 0.3 is 0 Å². The lowest BCUT2D eigenvalue weighted by atomic mass is 10.1. The number of carbonyl (C=O) groups is 2. The van der Waals surface area contributed by atoms with Crippen LogP contribution in [0.25, 0.3) is 0 Å². The van der Waals surface area contributed by atoms with Crippen molar-refractivity contribution >= 4 is 11.8 Å². The Morgan fingerprint density at radius 1 is 1.29 bits per heavy atom. The summed E-state index contributed by atoms with van der Waals surface area (Å²) in [5, 5.41) is 5.43. The van der Waals surface area contributed by atoms with E-state index in [1.807, 2.05) is 0 Å². The maximum Gasteiger partial charge on any atom is 0.242 e. The number of amides is 2. The lowest BCUT2D eigenvalue weighted by molar-refractivity contribution is -0.128. The Balaban J connectivity index is 1.83. The van der Waals surface area contributed by atoms with Crippen molar-refractivity contribution in [2.24, 2.45) is 0 Å². The molecule has 1 atom stereocenters. The van der Waals surface area contributed by atoms with Crippen molar-refractivity contribution in [1.29, 1.82) is 0 Å². The van der Waals surface area contributed by atoms with E-state index in [1.165, 1.54) is 6.07 Å². The van der Waals surface area contributed by atoms with Gasteiger partial charge in [0.2, 0.25) is 11.8 Å². The lowest BCUT2D eigenvalue weighted by Crippen LogP contribution is -2.45. The van der Waals surface area contributed by atoms with E-state index < -0.39 is 17.7 Å². The minimum absolute atomic E-state index is 0.134. The van der Waals surface area contributed by atoms with Crippen molar-refractivity contribution in [2.45, 2.75) is 38.1 Å². The monoisotopic (exact) mass is 296 g/mol. The van der Waals surface area contributed by atoms with Crippen LogP contribution in [0.2, 0.25) is 0 Å². The molecule has 2 amide bonds. The molecular weight excluding hydrogens is 278 g/mol. The molecule has 2 N–H and O–H groups in total. The largest absolute Gasteiger partial charge is 0.354 e. The maximum absolute atomic E-state index is 13.0. The summed E-state index contributed by atoms with van der Waals surface area (Å²) >= 11 is 0. The van der Waals surface area contributed by atoms with Crippen LogP contribution in [-0.2, 0) is 16.0 Å². The van der Waals surface area contributed by atoms with E-state index in [2.05, 4.69) is 10.6 Å². The number of rotatable bonds is 4. The second-order valence-electron chi connectivity index (χ2n) is 5.16. The molecule has 0 aromatic heterocycles. The molecule has 1 aliphatic rings. The summed E-state index contributed by atoms with van der Waals surface area (Å²) < 4.78 is 25.8. The molecule has 0 spiro atoms. The third kappa shape index (κ3) is 4.51. The molecule has 6 heteroatoms. The second-order valence-corrected chi connectivity index (χ2v) is 5.16. The topological polar surface area (TPSA) is 58.2 Å². The third-order valence-electron chi connectivity index (χ3n) is 3.50. The third-order valence-corrected chi connectivity index (χ3v) is 3.50. The zero-order valence-electron chi connectivity index (χ0n) is 11.6. The zero-order chi connectivity index (χ0) is 15.2. The second kappa shape index (κ2) is 7.15. The average molecular weight is 296 g/mol. The smallest absolute Gasteiger partial charge is 0.242 e. The van der Waals surface area contributed by atoms with Crippen LogP contribution in [0.4, 0.5) is 8.78 Å². The number of nitrogens with one attached hydrogen (secondary N) is 2. The summed E-state index contributed by atoms with van der Waals surface area (Å²) in [7, 11) is 0. The number of carbonyl (C=O) groups excluding carboxylic acids is 2. The Bertz CT molecular complexity index is 534. The van der Waals surface area contributed by atoms with Gasteiger partial charge in [-0.3, -0.25) is 9.59 Å². The molecule has 4 nitrogen and oxygen atoms in total.